The van der Waals surface area contributed by atoms with E-state index in [1.54, 1.807) is 6.20 Å². The van der Waals surface area contributed by atoms with Crippen LogP contribution in [0, 0.1) is 0 Å². The number of aromatic nitrogens is 5. The van der Waals surface area contributed by atoms with E-state index in [2.05, 4.69) is 20.3 Å². The number of fused-ring (bicyclic) bond motifs is 3. The number of aromatic amines is 2. The number of rotatable bonds is 2. The van der Waals surface area contributed by atoms with Gasteiger partial charge < -0.3 is 0 Å². The fourth-order valence-electron chi connectivity index (χ4n) is 3.15. The van der Waals surface area contributed by atoms with Gasteiger partial charge in [-0.1, -0.05) is 41.9 Å². The van der Waals surface area contributed by atoms with Gasteiger partial charge in [-0.05, 0) is 24.3 Å². The first-order valence-corrected chi connectivity index (χ1v) is 8.39. The summed E-state index contributed by atoms with van der Waals surface area (Å²) in [4.78, 5) is 16.5. The number of H-pyrrole nitrogens is 2. The first-order valence-electron chi connectivity index (χ1n) is 8.01. The molecule has 0 aliphatic heterocycles. The van der Waals surface area contributed by atoms with Crippen LogP contribution in [0.2, 0.25) is 5.02 Å². The number of hydrogen-bond acceptors (Lipinski definition) is 3. The zero-order valence-corrected chi connectivity index (χ0v) is 14.2. The first kappa shape index (κ1) is 14.9. The maximum Gasteiger partial charge on any atom is 0.275 e. The van der Waals surface area contributed by atoms with Crippen molar-refractivity contribution in [1.82, 2.24) is 25.0 Å². The van der Waals surface area contributed by atoms with Crippen LogP contribution in [0.4, 0.5) is 0 Å². The van der Waals surface area contributed by atoms with Crippen molar-refractivity contribution < 1.29 is 0 Å². The Labute approximate surface area is 152 Å². The molecule has 0 amide bonds. The van der Waals surface area contributed by atoms with Crippen LogP contribution < -0.4 is 5.56 Å². The van der Waals surface area contributed by atoms with Crippen molar-refractivity contribution in [3.63, 3.8) is 0 Å². The third-order valence-corrected chi connectivity index (χ3v) is 4.63. The number of nitrogens with one attached hydrogen (secondary N) is 2. The molecule has 6 nitrogen and oxygen atoms in total. The zero-order valence-electron chi connectivity index (χ0n) is 13.4. The maximum absolute atomic E-state index is 12.0. The van der Waals surface area contributed by atoms with Crippen molar-refractivity contribution in [2.45, 2.75) is 0 Å². The molecule has 0 aliphatic carbocycles. The summed E-state index contributed by atoms with van der Waals surface area (Å²) in [5.74, 6) is 0. The van der Waals surface area contributed by atoms with E-state index in [1.807, 2.05) is 59.3 Å². The van der Waals surface area contributed by atoms with Crippen molar-refractivity contribution >= 4 is 33.5 Å². The SMILES string of the molecule is O=c1[nH]nc2c1cnc1c2c(-c2ccc(Cl)cc2)[nH]n1-c1ccccc1. The van der Waals surface area contributed by atoms with Gasteiger partial charge in [0.2, 0.25) is 0 Å². The fourth-order valence-corrected chi connectivity index (χ4v) is 3.28. The van der Waals surface area contributed by atoms with E-state index in [4.69, 9.17) is 11.6 Å². The standard InChI is InChI=1S/C19H12ClN5O/c20-12-8-6-11(7-9-12)16-15-17-14(19(26)23-22-17)10-21-18(15)25(24-16)13-4-2-1-3-5-13/h1-10,24H,(H,23,26). The summed E-state index contributed by atoms with van der Waals surface area (Å²) in [5, 5.41) is 12.0. The summed E-state index contributed by atoms with van der Waals surface area (Å²) in [6.07, 6.45) is 1.56. The quantitative estimate of drug-likeness (QED) is 0.500. The molecule has 0 unspecified atom stereocenters. The number of para-hydroxylation sites is 1. The molecule has 5 aromatic rings. The highest BCUT2D eigenvalue weighted by Gasteiger charge is 2.18. The molecule has 3 aromatic heterocycles. The first-order chi connectivity index (χ1) is 12.7. The van der Waals surface area contributed by atoms with Gasteiger partial charge in [0.25, 0.3) is 5.56 Å². The van der Waals surface area contributed by atoms with Crippen molar-refractivity contribution in [2.75, 3.05) is 0 Å². The van der Waals surface area contributed by atoms with E-state index in [0.717, 1.165) is 22.3 Å². The average molecular weight is 362 g/mol. The lowest BCUT2D eigenvalue weighted by atomic mass is 10.1. The summed E-state index contributed by atoms with van der Waals surface area (Å²) in [7, 11) is 0. The Morgan fingerprint density at radius 3 is 2.54 bits per heavy atom. The van der Waals surface area contributed by atoms with Crippen LogP contribution in [0.3, 0.4) is 0 Å². The topological polar surface area (TPSA) is 79.4 Å². The Hall–Kier alpha value is -3.38. The van der Waals surface area contributed by atoms with E-state index < -0.39 is 0 Å². The fraction of sp³-hybridized carbons (Fsp3) is 0. The van der Waals surface area contributed by atoms with Crippen LogP contribution in [0.15, 0.2) is 65.6 Å². The lowest BCUT2D eigenvalue weighted by Gasteiger charge is -2.03. The molecule has 26 heavy (non-hydrogen) atoms. The summed E-state index contributed by atoms with van der Waals surface area (Å²) >= 11 is 6.03. The average Bonchev–Trinajstić information content (AvgIpc) is 3.24. The van der Waals surface area contributed by atoms with Crippen molar-refractivity contribution in [1.29, 1.82) is 0 Å². The third kappa shape index (κ3) is 2.16. The van der Waals surface area contributed by atoms with Crippen LogP contribution in [-0.4, -0.2) is 25.0 Å². The Morgan fingerprint density at radius 2 is 1.77 bits per heavy atom. The highest BCUT2D eigenvalue weighted by molar-refractivity contribution is 6.30. The summed E-state index contributed by atoms with van der Waals surface area (Å²) in [6, 6.07) is 17.3. The largest absolute Gasteiger partial charge is 0.291 e. The van der Waals surface area contributed by atoms with Gasteiger partial charge in [-0.2, -0.15) is 5.10 Å². The highest BCUT2D eigenvalue weighted by atomic mass is 35.5. The molecular formula is C19H12ClN5O. The van der Waals surface area contributed by atoms with Crippen molar-refractivity contribution in [2.24, 2.45) is 0 Å². The molecule has 0 fully saturated rings. The summed E-state index contributed by atoms with van der Waals surface area (Å²) < 4.78 is 1.89. The maximum atomic E-state index is 12.0. The molecule has 0 saturated heterocycles. The Bertz CT molecular complexity index is 1300. The molecule has 2 aromatic carbocycles. The van der Waals surface area contributed by atoms with Gasteiger partial charge in [-0.15, -0.1) is 0 Å². The van der Waals surface area contributed by atoms with E-state index >= 15 is 0 Å². The second kappa shape index (κ2) is 5.57. The van der Waals surface area contributed by atoms with Crippen molar-refractivity contribution in [3.05, 3.63) is 76.2 Å². The molecule has 0 radical (unpaired) electrons. The molecule has 0 atom stereocenters. The van der Waals surface area contributed by atoms with E-state index in [-0.39, 0.29) is 5.56 Å². The predicted molar refractivity (Wildman–Crippen MR) is 102 cm³/mol. The zero-order chi connectivity index (χ0) is 17.7. The second-order valence-corrected chi connectivity index (χ2v) is 6.37. The molecule has 0 aliphatic rings. The monoisotopic (exact) mass is 361 g/mol. The smallest absolute Gasteiger partial charge is 0.275 e. The number of nitrogens with zero attached hydrogens (tertiary/aromatic N) is 3. The van der Waals surface area contributed by atoms with Gasteiger partial charge in [-0.25, -0.2) is 14.8 Å². The minimum Gasteiger partial charge on any atom is -0.291 e. The van der Waals surface area contributed by atoms with Gasteiger partial charge in [0, 0.05) is 16.8 Å². The van der Waals surface area contributed by atoms with Crippen LogP contribution in [0.25, 0.3) is 38.9 Å². The number of benzene rings is 2. The molecular weight excluding hydrogens is 350 g/mol. The van der Waals surface area contributed by atoms with Gasteiger partial charge in [0.05, 0.1) is 22.2 Å². The van der Waals surface area contributed by atoms with Crippen molar-refractivity contribution in [3.8, 4) is 16.9 Å². The third-order valence-electron chi connectivity index (χ3n) is 4.38. The normalized spacial score (nSPS) is 11.4. The molecule has 0 saturated carbocycles. The van der Waals surface area contributed by atoms with Crippen LogP contribution in [0.1, 0.15) is 0 Å². The Balaban J connectivity index is 1.92. The minimum atomic E-state index is -0.246. The van der Waals surface area contributed by atoms with Gasteiger partial charge in [-0.3, -0.25) is 9.89 Å². The second-order valence-electron chi connectivity index (χ2n) is 5.94. The van der Waals surface area contributed by atoms with Gasteiger partial charge in [0.15, 0.2) is 5.65 Å². The molecule has 7 heteroatoms. The Kier molecular flexibility index (Phi) is 3.20. The molecule has 126 valence electrons. The summed E-state index contributed by atoms with van der Waals surface area (Å²) in [6.45, 7) is 0. The molecule has 3 heterocycles. The molecule has 5 rings (SSSR count). The number of pyridine rings is 1. The molecule has 0 bridgehead atoms. The predicted octanol–water partition coefficient (Wildman–Crippen LogP) is 3.91. The van der Waals surface area contributed by atoms with E-state index in [9.17, 15) is 4.79 Å². The van der Waals surface area contributed by atoms with Gasteiger partial charge >= 0.3 is 0 Å². The number of halogens is 1. The molecule has 2 N–H and O–H groups in total. The summed E-state index contributed by atoms with van der Waals surface area (Å²) in [5.41, 5.74) is 3.73. The number of hydrogen-bond donors (Lipinski definition) is 2. The lowest BCUT2D eigenvalue weighted by molar-refractivity contribution is 0.901. The Morgan fingerprint density at radius 1 is 1.00 bits per heavy atom. The molecule has 0 spiro atoms. The van der Waals surface area contributed by atoms with Crippen LogP contribution in [0.5, 0.6) is 0 Å². The minimum absolute atomic E-state index is 0.246. The van der Waals surface area contributed by atoms with Crippen LogP contribution in [-0.2, 0) is 0 Å². The van der Waals surface area contributed by atoms with Crippen LogP contribution >= 0.6 is 11.6 Å². The van der Waals surface area contributed by atoms with Gasteiger partial charge in [0.1, 0.15) is 5.52 Å². The lowest BCUT2D eigenvalue weighted by Crippen LogP contribution is -1.99. The van der Waals surface area contributed by atoms with E-state index in [0.29, 0.717) is 21.6 Å². The van der Waals surface area contributed by atoms with E-state index in [1.165, 1.54) is 0 Å². The highest BCUT2D eigenvalue weighted by Crippen LogP contribution is 2.32.